The Bertz CT molecular complexity index is 490. The summed E-state index contributed by atoms with van der Waals surface area (Å²) in [6.07, 6.45) is 6.01. The fourth-order valence-electron chi connectivity index (χ4n) is 2.96. The molecule has 2 rings (SSSR count). The molecule has 0 atom stereocenters. The summed E-state index contributed by atoms with van der Waals surface area (Å²) in [5.74, 6) is 0. The van der Waals surface area contributed by atoms with E-state index in [9.17, 15) is 15.2 Å². The van der Waals surface area contributed by atoms with Crippen LogP contribution in [-0.2, 0) is 6.54 Å². The second kappa shape index (κ2) is 7.73. The summed E-state index contributed by atoms with van der Waals surface area (Å²) in [6.45, 7) is 1.35. The molecule has 21 heavy (non-hydrogen) atoms. The molecule has 0 aliphatic heterocycles. The first-order chi connectivity index (χ1) is 10.1. The van der Waals surface area contributed by atoms with E-state index in [1.54, 1.807) is 6.07 Å². The molecule has 0 bridgehead atoms. The van der Waals surface area contributed by atoms with E-state index in [2.05, 4.69) is 4.90 Å². The van der Waals surface area contributed by atoms with Gasteiger partial charge >= 0.3 is 0 Å². The Morgan fingerprint density at radius 1 is 1.33 bits per heavy atom. The van der Waals surface area contributed by atoms with E-state index in [0.717, 1.165) is 18.4 Å². The summed E-state index contributed by atoms with van der Waals surface area (Å²) >= 11 is 6.16. The SMILES string of the molecule is O=[N+]([O-])c1ccc(CN(CCO)C2CCCCC2)c(Cl)c1. The highest BCUT2D eigenvalue weighted by atomic mass is 35.5. The van der Waals surface area contributed by atoms with Gasteiger partial charge in [0.15, 0.2) is 0 Å². The molecule has 1 aromatic rings. The Balaban J connectivity index is 2.10. The predicted molar refractivity (Wildman–Crippen MR) is 82.5 cm³/mol. The third-order valence-corrected chi connectivity index (χ3v) is 4.45. The van der Waals surface area contributed by atoms with E-state index < -0.39 is 4.92 Å². The number of nitrogens with zero attached hydrogens (tertiary/aromatic N) is 2. The van der Waals surface area contributed by atoms with Crippen molar-refractivity contribution in [2.75, 3.05) is 13.2 Å². The fraction of sp³-hybridized carbons (Fsp3) is 0.600. The molecule has 5 nitrogen and oxygen atoms in total. The lowest BCUT2D eigenvalue weighted by molar-refractivity contribution is -0.384. The number of rotatable bonds is 6. The van der Waals surface area contributed by atoms with Crippen LogP contribution < -0.4 is 0 Å². The number of aliphatic hydroxyl groups is 1. The molecule has 1 N–H and O–H groups in total. The van der Waals surface area contributed by atoms with Gasteiger partial charge in [-0.15, -0.1) is 0 Å². The predicted octanol–water partition coefficient (Wildman–Crippen LogP) is 3.38. The molecule has 1 aromatic carbocycles. The van der Waals surface area contributed by atoms with Gasteiger partial charge in [0, 0.05) is 31.3 Å². The van der Waals surface area contributed by atoms with Crippen LogP contribution >= 0.6 is 11.6 Å². The lowest BCUT2D eigenvalue weighted by atomic mass is 9.94. The highest BCUT2D eigenvalue weighted by Crippen LogP contribution is 2.27. The maximum Gasteiger partial charge on any atom is 0.270 e. The number of hydrogen-bond donors (Lipinski definition) is 1. The molecule has 0 aromatic heterocycles. The van der Waals surface area contributed by atoms with Gasteiger partial charge in [0.25, 0.3) is 5.69 Å². The topological polar surface area (TPSA) is 66.6 Å². The molecule has 1 saturated carbocycles. The number of non-ortho nitro benzene ring substituents is 1. The van der Waals surface area contributed by atoms with E-state index >= 15 is 0 Å². The van der Waals surface area contributed by atoms with Crippen LogP contribution in [0.5, 0.6) is 0 Å². The van der Waals surface area contributed by atoms with Gasteiger partial charge in [0.2, 0.25) is 0 Å². The maximum atomic E-state index is 10.7. The monoisotopic (exact) mass is 312 g/mol. The van der Waals surface area contributed by atoms with Crippen LogP contribution in [0.3, 0.4) is 0 Å². The van der Waals surface area contributed by atoms with E-state index in [1.807, 2.05) is 0 Å². The van der Waals surface area contributed by atoms with E-state index in [-0.39, 0.29) is 12.3 Å². The van der Waals surface area contributed by atoms with E-state index in [4.69, 9.17) is 11.6 Å². The Morgan fingerprint density at radius 3 is 2.62 bits per heavy atom. The molecule has 0 saturated heterocycles. The van der Waals surface area contributed by atoms with Gasteiger partial charge in [-0.3, -0.25) is 15.0 Å². The number of halogens is 1. The van der Waals surface area contributed by atoms with Gasteiger partial charge in [-0.05, 0) is 24.5 Å². The Hall–Kier alpha value is -1.17. The third-order valence-electron chi connectivity index (χ3n) is 4.10. The summed E-state index contributed by atoms with van der Waals surface area (Å²) < 4.78 is 0. The van der Waals surface area contributed by atoms with Gasteiger partial charge in [0.05, 0.1) is 16.6 Å². The van der Waals surface area contributed by atoms with Crippen molar-refractivity contribution in [3.63, 3.8) is 0 Å². The first-order valence-corrected chi connectivity index (χ1v) is 7.77. The van der Waals surface area contributed by atoms with Gasteiger partial charge < -0.3 is 5.11 Å². The number of nitro benzene ring substituents is 1. The van der Waals surface area contributed by atoms with Crippen molar-refractivity contribution in [2.24, 2.45) is 0 Å². The molecule has 116 valence electrons. The van der Waals surface area contributed by atoms with Crippen LogP contribution in [0, 0.1) is 10.1 Å². The Labute approximate surface area is 129 Å². The van der Waals surface area contributed by atoms with Gasteiger partial charge in [-0.25, -0.2) is 0 Å². The molecule has 0 radical (unpaired) electrons. The van der Waals surface area contributed by atoms with Crippen molar-refractivity contribution in [3.8, 4) is 0 Å². The van der Waals surface area contributed by atoms with Crippen LogP contribution in [-0.4, -0.2) is 34.1 Å². The average Bonchev–Trinajstić information content (AvgIpc) is 2.49. The van der Waals surface area contributed by atoms with Gasteiger partial charge in [-0.2, -0.15) is 0 Å². The number of benzene rings is 1. The second-order valence-corrected chi connectivity index (χ2v) is 5.93. The van der Waals surface area contributed by atoms with Crippen LogP contribution in [0.25, 0.3) is 0 Å². The molecule has 1 fully saturated rings. The summed E-state index contributed by atoms with van der Waals surface area (Å²) in [5, 5.41) is 20.4. The van der Waals surface area contributed by atoms with Crippen molar-refractivity contribution < 1.29 is 10.0 Å². The van der Waals surface area contributed by atoms with Crippen LogP contribution in [0.15, 0.2) is 18.2 Å². The maximum absolute atomic E-state index is 10.7. The Kier molecular flexibility index (Phi) is 5.96. The van der Waals surface area contributed by atoms with Crippen molar-refractivity contribution in [3.05, 3.63) is 38.9 Å². The lowest BCUT2D eigenvalue weighted by Gasteiger charge is -2.34. The molecule has 6 heteroatoms. The fourth-order valence-corrected chi connectivity index (χ4v) is 3.20. The van der Waals surface area contributed by atoms with Crippen LogP contribution in [0.1, 0.15) is 37.7 Å². The van der Waals surface area contributed by atoms with Crippen LogP contribution in [0.2, 0.25) is 5.02 Å². The number of nitro groups is 1. The van der Waals surface area contributed by atoms with Crippen molar-refractivity contribution in [2.45, 2.75) is 44.7 Å². The van der Waals surface area contributed by atoms with Crippen molar-refractivity contribution in [1.29, 1.82) is 0 Å². The zero-order valence-electron chi connectivity index (χ0n) is 12.0. The molecular formula is C15H21ClN2O3. The normalized spacial score (nSPS) is 16.3. The summed E-state index contributed by atoms with van der Waals surface area (Å²) in [5.41, 5.74) is 0.886. The first-order valence-electron chi connectivity index (χ1n) is 7.39. The summed E-state index contributed by atoms with van der Waals surface area (Å²) in [4.78, 5) is 12.5. The number of aliphatic hydroxyl groups excluding tert-OH is 1. The van der Waals surface area contributed by atoms with Gasteiger partial charge in [-0.1, -0.05) is 30.9 Å². The molecule has 0 unspecified atom stereocenters. The highest BCUT2D eigenvalue weighted by molar-refractivity contribution is 6.31. The summed E-state index contributed by atoms with van der Waals surface area (Å²) in [7, 11) is 0. The zero-order valence-corrected chi connectivity index (χ0v) is 12.8. The van der Waals surface area contributed by atoms with E-state index in [0.29, 0.717) is 24.2 Å². The van der Waals surface area contributed by atoms with Crippen molar-refractivity contribution in [1.82, 2.24) is 4.90 Å². The third kappa shape index (κ3) is 4.40. The molecule has 1 aliphatic carbocycles. The molecule has 0 amide bonds. The van der Waals surface area contributed by atoms with Crippen LogP contribution in [0.4, 0.5) is 5.69 Å². The minimum atomic E-state index is -0.442. The molecule has 0 spiro atoms. The largest absolute Gasteiger partial charge is 0.395 e. The van der Waals surface area contributed by atoms with Gasteiger partial charge in [0.1, 0.15) is 0 Å². The molecule has 1 aliphatic rings. The minimum Gasteiger partial charge on any atom is -0.395 e. The molecule has 0 heterocycles. The Morgan fingerprint density at radius 2 is 2.05 bits per heavy atom. The lowest BCUT2D eigenvalue weighted by Crippen LogP contribution is -2.38. The number of hydrogen-bond acceptors (Lipinski definition) is 4. The zero-order chi connectivity index (χ0) is 15.2. The second-order valence-electron chi connectivity index (χ2n) is 5.52. The quantitative estimate of drug-likeness (QED) is 0.646. The summed E-state index contributed by atoms with van der Waals surface area (Å²) in [6, 6.07) is 5.07. The average molecular weight is 313 g/mol. The smallest absolute Gasteiger partial charge is 0.270 e. The minimum absolute atomic E-state index is 0.00937. The standard InChI is InChI=1S/C15H21ClN2O3/c16-15-10-14(18(20)21)7-6-12(15)11-17(8-9-19)13-4-2-1-3-5-13/h6-7,10,13,19H,1-5,8-9,11H2. The highest BCUT2D eigenvalue weighted by Gasteiger charge is 2.22. The van der Waals surface area contributed by atoms with E-state index in [1.165, 1.54) is 31.4 Å². The molecular weight excluding hydrogens is 292 g/mol. The van der Waals surface area contributed by atoms with Crippen molar-refractivity contribution >= 4 is 17.3 Å². The first kappa shape index (κ1) is 16.2.